The molecular weight excluding hydrogens is 384 g/mol. The minimum Gasteiger partial charge on any atom is -0.492 e. The topological polar surface area (TPSA) is 93.0 Å². The van der Waals surface area contributed by atoms with E-state index in [1.807, 2.05) is 30.3 Å². The van der Waals surface area contributed by atoms with Crippen molar-refractivity contribution in [3.8, 4) is 5.75 Å². The van der Waals surface area contributed by atoms with Gasteiger partial charge in [-0.25, -0.2) is 4.98 Å². The number of nitrogens with one attached hydrogen (secondary N) is 2. The van der Waals surface area contributed by atoms with Crippen molar-refractivity contribution in [2.45, 2.75) is 10.9 Å². The zero-order valence-corrected chi connectivity index (χ0v) is 16.0. The molecule has 0 aliphatic carbocycles. The molecule has 4 N–H and O–H groups in total. The van der Waals surface area contributed by atoms with E-state index in [-0.39, 0.29) is 17.1 Å². The molecule has 8 heteroatoms. The maximum Gasteiger partial charge on any atom is 0.277 e. The van der Waals surface area contributed by atoms with Gasteiger partial charge in [-0.2, -0.15) is 0 Å². The average Bonchev–Trinajstić information content (AvgIpc) is 2.67. The van der Waals surface area contributed by atoms with Gasteiger partial charge in [0.2, 0.25) is 0 Å². The molecule has 27 heavy (non-hydrogen) atoms. The third-order valence-corrected chi connectivity index (χ3v) is 4.83. The van der Waals surface area contributed by atoms with Crippen LogP contribution in [0.15, 0.2) is 64.5 Å². The first-order valence-corrected chi connectivity index (χ1v) is 9.67. The van der Waals surface area contributed by atoms with Crippen molar-refractivity contribution in [3.05, 3.63) is 75.5 Å². The van der Waals surface area contributed by atoms with E-state index in [1.165, 1.54) is 11.8 Å². The first-order valence-electron chi connectivity index (χ1n) is 8.30. The molecule has 3 rings (SSSR count). The highest BCUT2D eigenvalue weighted by atomic mass is 35.5. The quantitative estimate of drug-likeness (QED) is 0.301. The molecule has 0 saturated carbocycles. The Bertz CT molecular complexity index is 933. The van der Waals surface area contributed by atoms with Crippen LogP contribution in [0.3, 0.4) is 0 Å². The second-order valence-electron chi connectivity index (χ2n) is 5.63. The Hall–Kier alpha value is -2.64. The highest BCUT2D eigenvalue weighted by Gasteiger charge is 2.09. The van der Waals surface area contributed by atoms with E-state index < -0.39 is 0 Å². The molecule has 0 spiro atoms. The van der Waals surface area contributed by atoms with Gasteiger partial charge < -0.3 is 15.8 Å². The maximum absolute atomic E-state index is 12.3. The third kappa shape index (κ3) is 5.67. The van der Waals surface area contributed by atoms with Crippen LogP contribution in [0.2, 0.25) is 5.02 Å². The number of benzene rings is 2. The molecule has 0 aliphatic heterocycles. The summed E-state index contributed by atoms with van der Waals surface area (Å²) in [6, 6.07) is 17.0. The zero-order valence-electron chi connectivity index (χ0n) is 14.4. The van der Waals surface area contributed by atoms with Gasteiger partial charge in [0.15, 0.2) is 11.0 Å². The van der Waals surface area contributed by atoms with Crippen molar-refractivity contribution in [3.63, 3.8) is 0 Å². The fraction of sp³-hybridized carbons (Fsp3) is 0.158. The summed E-state index contributed by atoms with van der Waals surface area (Å²) >= 11 is 7.26. The second kappa shape index (κ2) is 9.34. The summed E-state index contributed by atoms with van der Waals surface area (Å²) in [5, 5.41) is 4.11. The number of rotatable bonds is 8. The monoisotopic (exact) mass is 402 g/mol. The summed E-state index contributed by atoms with van der Waals surface area (Å²) in [4.78, 5) is 19.3. The van der Waals surface area contributed by atoms with Crippen LogP contribution in [-0.4, -0.2) is 23.1 Å². The number of hydrogen-bond donors (Lipinski definition) is 3. The molecule has 0 radical (unpaired) electrons. The molecular formula is C19H19ClN4O2S. The molecule has 3 aromatic rings. The number of hydrogen-bond acceptors (Lipinski definition) is 6. The van der Waals surface area contributed by atoms with Gasteiger partial charge in [-0.1, -0.05) is 53.7 Å². The number of aromatic amines is 1. The Morgan fingerprint density at radius 3 is 2.59 bits per heavy atom. The summed E-state index contributed by atoms with van der Waals surface area (Å²) in [7, 11) is 0. The number of halogens is 1. The number of thioether (sulfide) groups is 1. The van der Waals surface area contributed by atoms with Crippen molar-refractivity contribution in [2.24, 2.45) is 0 Å². The van der Waals surface area contributed by atoms with Gasteiger partial charge in [-0.15, -0.1) is 0 Å². The van der Waals surface area contributed by atoms with E-state index in [1.54, 1.807) is 24.3 Å². The minimum atomic E-state index is -0.301. The van der Waals surface area contributed by atoms with Crippen molar-refractivity contribution in [1.29, 1.82) is 0 Å². The number of H-pyrrole nitrogens is 1. The van der Waals surface area contributed by atoms with Crippen LogP contribution >= 0.6 is 23.4 Å². The fourth-order valence-corrected chi connectivity index (χ4v) is 3.26. The lowest BCUT2D eigenvalue weighted by Crippen LogP contribution is -2.21. The molecule has 0 atom stereocenters. The van der Waals surface area contributed by atoms with Crippen LogP contribution in [0.4, 0.5) is 11.5 Å². The first kappa shape index (κ1) is 19.1. The van der Waals surface area contributed by atoms with Crippen molar-refractivity contribution < 1.29 is 4.74 Å². The summed E-state index contributed by atoms with van der Waals surface area (Å²) in [6.07, 6.45) is 0. The number of nitrogens with two attached hydrogens (primary N) is 1. The molecule has 0 fully saturated rings. The highest BCUT2D eigenvalue weighted by molar-refractivity contribution is 7.98. The van der Waals surface area contributed by atoms with E-state index in [0.29, 0.717) is 34.8 Å². The number of nitrogen functional groups attached to an aromatic ring is 1. The molecule has 1 heterocycles. The fourth-order valence-electron chi connectivity index (χ4n) is 2.31. The number of anilines is 2. The highest BCUT2D eigenvalue weighted by Crippen LogP contribution is 2.21. The lowest BCUT2D eigenvalue weighted by molar-refractivity contribution is 0.333. The first-order chi connectivity index (χ1) is 13.1. The van der Waals surface area contributed by atoms with Gasteiger partial charge >= 0.3 is 0 Å². The maximum atomic E-state index is 12.3. The smallest absolute Gasteiger partial charge is 0.277 e. The molecule has 0 aliphatic rings. The molecule has 6 nitrogen and oxygen atoms in total. The van der Waals surface area contributed by atoms with E-state index >= 15 is 0 Å². The number of ether oxygens (including phenoxy) is 1. The Morgan fingerprint density at radius 1 is 1.15 bits per heavy atom. The normalized spacial score (nSPS) is 10.6. The molecule has 2 aromatic carbocycles. The minimum absolute atomic E-state index is 0.167. The second-order valence-corrected chi connectivity index (χ2v) is 7.04. The summed E-state index contributed by atoms with van der Waals surface area (Å²) < 4.78 is 5.58. The molecule has 0 saturated heterocycles. The number of aromatic nitrogens is 2. The van der Waals surface area contributed by atoms with Gasteiger partial charge in [0.05, 0.1) is 0 Å². The van der Waals surface area contributed by atoms with Crippen LogP contribution in [-0.2, 0) is 5.75 Å². The third-order valence-electron chi connectivity index (χ3n) is 3.63. The van der Waals surface area contributed by atoms with Gasteiger partial charge in [-0.3, -0.25) is 9.78 Å². The lowest BCUT2D eigenvalue weighted by atomic mass is 10.2. The standard InChI is InChI=1S/C19H19ClN4O2S/c20-14-6-8-15(9-7-14)26-11-10-22-16-17(21)23-19(24-18(16)25)27-12-13-4-2-1-3-5-13/h1-9,22H,10-12H2,(H3,21,23,24,25). The van der Waals surface area contributed by atoms with Crippen LogP contribution in [0.1, 0.15) is 5.56 Å². The van der Waals surface area contributed by atoms with E-state index in [4.69, 9.17) is 22.1 Å². The Morgan fingerprint density at radius 2 is 1.89 bits per heavy atom. The Kier molecular flexibility index (Phi) is 6.62. The van der Waals surface area contributed by atoms with Crippen molar-refractivity contribution >= 4 is 34.9 Å². The Labute approximate surface area is 166 Å². The Balaban J connectivity index is 1.53. The summed E-state index contributed by atoms with van der Waals surface area (Å²) in [5.74, 6) is 1.57. The molecule has 0 amide bonds. The van der Waals surface area contributed by atoms with Gasteiger partial charge in [0.25, 0.3) is 5.56 Å². The SMILES string of the molecule is Nc1nc(SCc2ccccc2)[nH]c(=O)c1NCCOc1ccc(Cl)cc1. The summed E-state index contributed by atoms with van der Waals surface area (Å²) in [5.41, 5.74) is 7.03. The van der Waals surface area contributed by atoms with Crippen LogP contribution in [0.25, 0.3) is 0 Å². The molecule has 0 bridgehead atoms. The van der Waals surface area contributed by atoms with E-state index in [0.717, 1.165) is 5.56 Å². The summed E-state index contributed by atoms with van der Waals surface area (Å²) in [6.45, 7) is 0.777. The molecule has 140 valence electrons. The zero-order chi connectivity index (χ0) is 19.1. The molecule has 0 unspecified atom stereocenters. The predicted octanol–water partition coefficient (Wildman–Crippen LogP) is 3.79. The van der Waals surface area contributed by atoms with Gasteiger partial charge in [0, 0.05) is 17.3 Å². The largest absolute Gasteiger partial charge is 0.492 e. The lowest BCUT2D eigenvalue weighted by Gasteiger charge is -2.10. The number of nitrogens with zero attached hydrogens (tertiary/aromatic N) is 1. The predicted molar refractivity (Wildman–Crippen MR) is 111 cm³/mol. The van der Waals surface area contributed by atoms with Crippen LogP contribution in [0.5, 0.6) is 5.75 Å². The average molecular weight is 403 g/mol. The van der Waals surface area contributed by atoms with E-state index in [2.05, 4.69) is 15.3 Å². The van der Waals surface area contributed by atoms with Crippen molar-refractivity contribution in [2.75, 3.05) is 24.2 Å². The van der Waals surface area contributed by atoms with Gasteiger partial charge in [-0.05, 0) is 29.8 Å². The van der Waals surface area contributed by atoms with Crippen LogP contribution in [0, 0.1) is 0 Å². The van der Waals surface area contributed by atoms with Crippen molar-refractivity contribution in [1.82, 2.24) is 9.97 Å². The van der Waals surface area contributed by atoms with Gasteiger partial charge in [0.1, 0.15) is 18.0 Å². The van der Waals surface area contributed by atoms with E-state index in [9.17, 15) is 4.79 Å². The molecule has 1 aromatic heterocycles. The van der Waals surface area contributed by atoms with Crippen LogP contribution < -0.4 is 21.3 Å².